The smallest absolute Gasteiger partial charge is 0.409 e. The van der Waals surface area contributed by atoms with Gasteiger partial charge in [-0.1, -0.05) is 32.6 Å². The van der Waals surface area contributed by atoms with Crippen molar-refractivity contribution in [3.63, 3.8) is 0 Å². The van der Waals surface area contributed by atoms with Crippen LogP contribution < -0.4 is 4.74 Å². The van der Waals surface area contributed by atoms with Crippen molar-refractivity contribution >= 4 is 6.09 Å². The van der Waals surface area contributed by atoms with Crippen molar-refractivity contribution in [3.05, 3.63) is 41.2 Å². The summed E-state index contributed by atoms with van der Waals surface area (Å²) in [6.07, 6.45) is 3.79. The van der Waals surface area contributed by atoms with Crippen LogP contribution in [-0.2, 0) is 11.2 Å². The predicted octanol–water partition coefficient (Wildman–Crippen LogP) is 5.97. The maximum atomic E-state index is 12.2. The van der Waals surface area contributed by atoms with Crippen LogP contribution in [0.3, 0.4) is 0 Å². The lowest BCUT2D eigenvalue weighted by atomic mass is 9.96. The molecule has 1 saturated heterocycles. The Balaban J connectivity index is 1.88. The van der Waals surface area contributed by atoms with Gasteiger partial charge in [-0.3, -0.25) is 0 Å². The molecule has 1 aliphatic heterocycles. The number of likely N-dealkylation sites (tertiary alicyclic amines) is 1. The zero-order chi connectivity index (χ0) is 22.5. The van der Waals surface area contributed by atoms with Crippen molar-refractivity contribution in [1.82, 2.24) is 4.90 Å². The third-order valence-corrected chi connectivity index (χ3v) is 5.88. The molecule has 0 radical (unpaired) electrons. The lowest BCUT2D eigenvalue weighted by molar-refractivity contribution is 0.0958. The van der Waals surface area contributed by atoms with Gasteiger partial charge in [-0.05, 0) is 81.9 Å². The third-order valence-electron chi connectivity index (χ3n) is 5.88. The highest BCUT2D eigenvalue weighted by molar-refractivity contribution is 5.67. The molecule has 168 valence electrons. The van der Waals surface area contributed by atoms with Crippen LogP contribution in [0.25, 0.3) is 0 Å². The molecule has 1 atom stereocenters. The van der Waals surface area contributed by atoms with Gasteiger partial charge in [0.2, 0.25) is 0 Å². The van der Waals surface area contributed by atoms with Gasteiger partial charge in [0.15, 0.2) is 5.60 Å². The first-order valence-electron chi connectivity index (χ1n) is 11.1. The van der Waals surface area contributed by atoms with E-state index in [2.05, 4.69) is 32.6 Å². The van der Waals surface area contributed by atoms with E-state index in [-0.39, 0.29) is 11.9 Å². The van der Waals surface area contributed by atoms with Crippen LogP contribution in [0.4, 0.5) is 4.79 Å². The van der Waals surface area contributed by atoms with Crippen molar-refractivity contribution in [3.8, 4) is 5.75 Å². The largest absolute Gasteiger partial charge is 0.509 e. The number of carbonyl (C=O) groups is 1. The Morgan fingerprint density at radius 3 is 2.50 bits per heavy atom. The van der Waals surface area contributed by atoms with Crippen LogP contribution in [0.15, 0.2) is 24.5 Å². The summed E-state index contributed by atoms with van der Waals surface area (Å²) in [5.41, 5.74) is 2.56. The first kappa shape index (κ1) is 24.1. The van der Waals surface area contributed by atoms with Gasteiger partial charge in [-0.25, -0.2) is 4.79 Å². The molecule has 1 aromatic carbocycles. The van der Waals surface area contributed by atoms with E-state index in [4.69, 9.17) is 9.47 Å². The SMILES string of the molecule is C=C(O)C(C)(C)Oc1c(C)cc(CCC2CCN(C(=O)OCCC(C)C)C2)cc1C. The molecule has 5 heteroatoms. The second-order valence-electron chi connectivity index (χ2n) is 9.55. The molecule has 0 saturated carbocycles. The molecule has 1 fully saturated rings. The number of hydrogen-bond acceptors (Lipinski definition) is 4. The van der Waals surface area contributed by atoms with Gasteiger partial charge in [-0.15, -0.1) is 0 Å². The minimum Gasteiger partial charge on any atom is -0.509 e. The Morgan fingerprint density at radius 1 is 1.30 bits per heavy atom. The van der Waals surface area contributed by atoms with Crippen molar-refractivity contribution in [2.24, 2.45) is 11.8 Å². The number of aliphatic hydroxyl groups is 1. The molecule has 0 aliphatic carbocycles. The van der Waals surface area contributed by atoms with E-state index >= 15 is 0 Å². The minimum atomic E-state index is -0.825. The van der Waals surface area contributed by atoms with Crippen LogP contribution in [-0.4, -0.2) is 41.4 Å². The molecule has 1 heterocycles. The van der Waals surface area contributed by atoms with E-state index in [9.17, 15) is 9.90 Å². The minimum absolute atomic E-state index is 0.0129. The van der Waals surface area contributed by atoms with Gasteiger partial charge in [-0.2, -0.15) is 0 Å². The fraction of sp³-hybridized carbons (Fsp3) is 0.640. The summed E-state index contributed by atoms with van der Waals surface area (Å²) in [6, 6.07) is 4.32. The number of aryl methyl sites for hydroxylation is 3. The summed E-state index contributed by atoms with van der Waals surface area (Å²) >= 11 is 0. The van der Waals surface area contributed by atoms with E-state index in [1.807, 2.05) is 32.6 Å². The number of benzene rings is 1. The summed E-state index contributed by atoms with van der Waals surface area (Å²) in [5, 5.41) is 9.76. The van der Waals surface area contributed by atoms with Crippen LogP contribution in [0.2, 0.25) is 0 Å². The van der Waals surface area contributed by atoms with Gasteiger partial charge in [0.05, 0.1) is 6.61 Å². The number of nitrogens with zero attached hydrogens (tertiary/aromatic N) is 1. The summed E-state index contributed by atoms with van der Waals surface area (Å²) in [6.45, 7) is 17.6. The third kappa shape index (κ3) is 6.68. The topological polar surface area (TPSA) is 59.0 Å². The van der Waals surface area contributed by atoms with Crippen LogP contribution in [0.1, 0.15) is 63.6 Å². The predicted molar refractivity (Wildman–Crippen MR) is 121 cm³/mol. The standard InChI is InChI=1S/C25H39NO4/c1-17(2)11-13-29-24(28)26-12-10-21(16-26)8-9-22-14-18(3)23(19(4)15-22)30-25(6,7)20(5)27/h14-15,17,21,27H,5,8-13,16H2,1-4,6-7H3. The lowest BCUT2D eigenvalue weighted by Gasteiger charge is -2.27. The van der Waals surface area contributed by atoms with Gasteiger partial charge < -0.3 is 19.5 Å². The van der Waals surface area contributed by atoms with Gasteiger partial charge in [0, 0.05) is 13.1 Å². The van der Waals surface area contributed by atoms with Crippen molar-refractivity contribution < 1.29 is 19.4 Å². The second-order valence-corrected chi connectivity index (χ2v) is 9.55. The Labute approximate surface area is 182 Å². The summed E-state index contributed by atoms with van der Waals surface area (Å²) in [5.74, 6) is 1.87. The van der Waals surface area contributed by atoms with Gasteiger partial charge in [0.1, 0.15) is 11.5 Å². The molecule has 0 spiro atoms. The molecule has 0 bridgehead atoms. The molecular weight excluding hydrogens is 378 g/mol. The molecule has 2 rings (SSSR count). The van der Waals surface area contributed by atoms with Crippen LogP contribution >= 0.6 is 0 Å². The van der Waals surface area contributed by atoms with Crippen LogP contribution in [0.5, 0.6) is 5.75 Å². The number of carbonyl (C=O) groups excluding carboxylic acids is 1. The van der Waals surface area contributed by atoms with Crippen LogP contribution in [0, 0.1) is 25.7 Å². The van der Waals surface area contributed by atoms with E-state index in [1.165, 1.54) is 5.56 Å². The Morgan fingerprint density at radius 2 is 1.93 bits per heavy atom. The molecule has 30 heavy (non-hydrogen) atoms. The molecule has 1 aliphatic rings. The zero-order valence-electron chi connectivity index (χ0n) is 19.6. The van der Waals surface area contributed by atoms with Crippen molar-refractivity contribution in [2.45, 2.75) is 72.8 Å². The molecule has 0 aromatic heterocycles. The Bertz CT molecular complexity index is 731. The number of hydrogen-bond donors (Lipinski definition) is 1. The lowest BCUT2D eigenvalue weighted by Crippen LogP contribution is -2.30. The normalized spacial score (nSPS) is 16.8. The highest BCUT2D eigenvalue weighted by Crippen LogP contribution is 2.31. The summed E-state index contributed by atoms with van der Waals surface area (Å²) in [7, 11) is 0. The summed E-state index contributed by atoms with van der Waals surface area (Å²) < 4.78 is 11.4. The fourth-order valence-electron chi connectivity index (χ4n) is 3.74. The Kier molecular flexibility index (Phi) is 8.22. The molecule has 1 amide bonds. The highest BCUT2D eigenvalue weighted by Gasteiger charge is 2.28. The number of amides is 1. The molecule has 1 unspecified atom stereocenters. The van der Waals surface area contributed by atoms with E-state index < -0.39 is 5.60 Å². The number of rotatable bonds is 9. The average molecular weight is 418 g/mol. The number of ether oxygens (including phenoxy) is 2. The fourth-order valence-corrected chi connectivity index (χ4v) is 3.74. The van der Waals surface area contributed by atoms with E-state index in [0.717, 1.165) is 55.6 Å². The zero-order valence-corrected chi connectivity index (χ0v) is 19.6. The van der Waals surface area contributed by atoms with E-state index in [1.54, 1.807) is 0 Å². The molecule has 1 N–H and O–H groups in total. The van der Waals surface area contributed by atoms with E-state index in [0.29, 0.717) is 18.4 Å². The average Bonchev–Trinajstić information content (AvgIpc) is 3.11. The quantitative estimate of drug-likeness (QED) is 0.503. The molecular formula is C25H39NO4. The molecule has 1 aromatic rings. The maximum Gasteiger partial charge on any atom is 0.409 e. The highest BCUT2D eigenvalue weighted by atomic mass is 16.6. The monoisotopic (exact) mass is 417 g/mol. The van der Waals surface area contributed by atoms with Gasteiger partial charge in [0.25, 0.3) is 0 Å². The first-order chi connectivity index (χ1) is 14.0. The second kappa shape index (κ2) is 10.2. The maximum absolute atomic E-state index is 12.2. The Hall–Kier alpha value is -2.17. The number of aliphatic hydroxyl groups excluding tert-OH is 1. The van der Waals surface area contributed by atoms with Crippen molar-refractivity contribution in [1.29, 1.82) is 0 Å². The summed E-state index contributed by atoms with van der Waals surface area (Å²) in [4.78, 5) is 14.1. The van der Waals surface area contributed by atoms with Crippen molar-refractivity contribution in [2.75, 3.05) is 19.7 Å². The van der Waals surface area contributed by atoms with Gasteiger partial charge >= 0.3 is 6.09 Å². The first-order valence-corrected chi connectivity index (χ1v) is 11.1. The molecule has 5 nitrogen and oxygen atoms in total.